The van der Waals surface area contributed by atoms with E-state index in [-0.39, 0.29) is 5.37 Å². The molecule has 0 radical (unpaired) electrons. The topological polar surface area (TPSA) is 42.0 Å². The van der Waals surface area contributed by atoms with Crippen molar-refractivity contribution in [2.45, 2.75) is 9.03 Å². The van der Waals surface area contributed by atoms with Crippen LogP contribution in [-0.2, 0) is 4.79 Å². The molecule has 1 aromatic heterocycles. The molecule has 1 fully saturated rings. The third-order valence-electron chi connectivity index (χ3n) is 1.69. The number of alkyl halides is 1. The second-order valence-corrected chi connectivity index (χ2v) is 6.95. The number of nitrogens with one attached hydrogen (secondary N) is 1. The molecule has 0 aliphatic carbocycles. The fourth-order valence-corrected chi connectivity index (χ4v) is 3.65. The molecule has 1 aliphatic rings. The first-order chi connectivity index (χ1) is 6.23. The van der Waals surface area contributed by atoms with E-state index in [1.807, 2.05) is 5.38 Å². The van der Waals surface area contributed by atoms with Crippen LogP contribution in [-0.4, -0.2) is 21.5 Å². The van der Waals surface area contributed by atoms with Crippen LogP contribution in [0.2, 0.25) is 0 Å². The summed E-state index contributed by atoms with van der Waals surface area (Å²) in [4.78, 5) is 14.9. The van der Waals surface area contributed by atoms with Crippen LogP contribution in [0.25, 0.3) is 0 Å². The lowest BCUT2D eigenvalue weighted by atomic mass is 10.4. The van der Waals surface area contributed by atoms with E-state index in [1.165, 1.54) is 0 Å². The maximum Gasteiger partial charge on any atom is 0.148 e. The zero-order chi connectivity index (χ0) is 9.31. The van der Waals surface area contributed by atoms with Gasteiger partial charge in [0.2, 0.25) is 0 Å². The summed E-state index contributed by atoms with van der Waals surface area (Å²) < 4.78 is -0.469. The number of hydrogen-bond acceptors (Lipinski definition) is 5. The molecule has 70 valence electrons. The summed E-state index contributed by atoms with van der Waals surface area (Å²) in [6.07, 6.45) is 2.70. The van der Waals surface area contributed by atoms with Gasteiger partial charge in [0, 0.05) is 18.1 Å². The SMILES string of the molecule is O=CC1(Br)CNC(c2nccs2)S1. The van der Waals surface area contributed by atoms with Gasteiger partial charge in [-0.25, -0.2) is 4.98 Å². The maximum atomic E-state index is 10.7. The van der Waals surface area contributed by atoms with Gasteiger partial charge in [0.1, 0.15) is 20.3 Å². The summed E-state index contributed by atoms with van der Waals surface area (Å²) in [5.41, 5.74) is 0. The first-order valence-electron chi connectivity index (χ1n) is 3.69. The van der Waals surface area contributed by atoms with Crippen molar-refractivity contribution >= 4 is 45.3 Å². The summed E-state index contributed by atoms with van der Waals surface area (Å²) in [6, 6.07) is 0. The highest BCUT2D eigenvalue weighted by molar-refractivity contribution is 9.12. The molecular weight excluding hydrogens is 272 g/mol. The van der Waals surface area contributed by atoms with Gasteiger partial charge in [-0.3, -0.25) is 5.32 Å². The van der Waals surface area contributed by atoms with Gasteiger partial charge >= 0.3 is 0 Å². The Morgan fingerprint density at radius 1 is 1.85 bits per heavy atom. The van der Waals surface area contributed by atoms with E-state index in [2.05, 4.69) is 26.2 Å². The number of thiazole rings is 1. The summed E-state index contributed by atoms with van der Waals surface area (Å²) in [6.45, 7) is 0.644. The molecule has 1 aromatic rings. The Hall–Kier alpha value is 0.0900. The van der Waals surface area contributed by atoms with Gasteiger partial charge < -0.3 is 4.79 Å². The average molecular weight is 279 g/mol. The molecule has 0 spiro atoms. The Labute approximate surface area is 92.4 Å². The highest BCUT2D eigenvalue weighted by Crippen LogP contribution is 2.45. The van der Waals surface area contributed by atoms with Crippen LogP contribution >= 0.6 is 39.0 Å². The van der Waals surface area contributed by atoms with Gasteiger partial charge in [-0.2, -0.15) is 0 Å². The van der Waals surface area contributed by atoms with E-state index in [0.717, 1.165) is 11.3 Å². The molecule has 2 rings (SSSR count). The Kier molecular flexibility index (Phi) is 2.73. The van der Waals surface area contributed by atoms with E-state index < -0.39 is 3.66 Å². The van der Waals surface area contributed by atoms with E-state index >= 15 is 0 Å². The van der Waals surface area contributed by atoms with Crippen molar-refractivity contribution in [2.24, 2.45) is 0 Å². The van der Waals surface area contributed by atoms with Crippen molar-refractivity contribution in [3.8, 4) is 0 Å². The fraction of sp³-hybridized carbons (Fsp3) is 0.429. The van der Waals surface area contributed by atoms with Crippen LogP contribution in [0.1, 0.15) is 10.4 Å². The van der Waals surface area contributed by atoms with Gasteiger partial charge in [-0.15, -0.1) is 23.1 Å². The second kappa shape index (κ2) is 3.68. The van der Waals surface area contributed by atoms with Crippen molar-refractivity contribution in [3.63, 3.8) is 0 Å². The molecule has 3 nitrogen and oxygen atoms in total. The van der Waals surface area contributed by atoms with Crippen LogP contribution in [0.5, 0.6) is 0 Å². The highest BCUT2D eigenvalue weighted by Gasteiger charge is 2.38. The maximum absolute atomic E-state index is 10.7. The Balaban J connectivity index is 2.11. The van der Waals surface area contributed by atoms with Crippen LogP contribution < -0.4 is 5.32 Å². The summed E-state index contributed by atoms with van der Waals surface area (Å²) in [7, 11) is 0. The van der Waals surface area contributed by atoms with Gasteiger partial charge in [-0.1, -0.05) is 15.9 Å². The van der Waals surface area contributed by atoms with E-state index in [1.54, 1.807) is 29.3 Å². The number of carbonyl (C=O) groups is 1. The fourth-order valence-electron chi connectivity index (χ4n) is 1.08. The minimum Gasteiger partial charge on any atom is -0.301 e. The molecular formula is C7H7BrN2OS2. The number of aromatic nitrogens is 1. The van der Waals surface area contributed by atoms with Crippen LogP contribution in [0.3, 0.4) is 0 Å². The van der Waals surface area contributed by atoms with Gasteiger partial charge in [0.15, 0.2) is 0 Å². The van der Waals surface area contributed by atoms with Crippen molar-refractivity contribution in [1.82, 2.24) is 10.3 Å². The van der Waals surface area contributed by atoms with Crippen molar-refractivity contribution in [2.75, 3.05) is 6.54 Å². The van der Waals surface area contributed by atoms with Crippen molar-refractivity contribution in [3.05, 3.63) is 16.6 Å². The lowest BCUT2D eigenvalue weighted by Crippen LogP contribution is -2.23. The zero-order valence-corrected chi connectivity index (χ0v) is 9.79. The van der Waals surface area contributed by atoms with Crippen molar-refractivity contribution in [1.29, 1.82) is 0 Å². The molecule has 6 heteroatoms. The molecule has 0 aromatic carbocycles. The van der Waals surface area contributed by atoms with Crippen LogP contribution in [0.15, 0.2) is 11.6 Å². The smallest absolute Gasteiger partial charge is 0.148 e. The Bertz CT molecular complexity index is 305. The first-order valence-corrected chi connectivity index (χ1v) is 6.24. The van der Waals surface area contributed by atoms with E-state index in [4.69, 9.17) is 0 Å². The lowest BCUT2D eigenvalue weighted by Gasteiger charge is -2.09. The number of thioether (sulfide) groups is 1. The number of carbonyl (C=O) groups excluding carboxylic acids is 1. The second-order valence-electron chi connectivity index (χ2n) is 2.65. The first kappa shape index (κ1) is 9.64. The number of rotatable bonds is 2. The number of halogens is 1. The predicted octanol–water partition coefficient (Wildman–Crippen LogP) is 1.77. The van der Waals surface area contributed by atoms with Crippen molar-refractivity contribution < 1.29 is 4.79 Å². The molecule has 0 amide bonds. The highest BCUT2D eigenvalue weighted by atomic mass is 79.9. The molecule has 1 saturated heterocycles. The molecule has 0 bridgehead atoms. The summed E-state index contributed by atoms with van der Waals surface area (Å²) >= 11 is 6.54. The average Bonchev–Trinajstić information content (AvgIpc) is 2.73. The number of hydrogen-bond donors (Lipinski definition) is 1. The largest absolute Gasteiger partial charge is 0.301 e. The Morgan fingerprint density at radius 3 is 3.23 bits per heavy atom. The normalized spacial score (nSPS) is 33.5. The third-order valence-corrected chi connectivity index (χ3v) is 4.97. The quantitative estimate of drug-likeness (QED) is 0.662. The molecule has 2 heterocycles. The number of aldehydes is 1. The third kappa shape index (κ3) is 1.96. The Morgan fingerprint density at radius 2 is 2.69 bits per heavy atom. The zero-order valence-electron chi connectivity index (χ0n) is 6.57. The minimum absolute atomic E-state index is 0.143. The molecule has 13 heavy (non-hydrogen) atoms. The lowest BCUT2D eigenvalue weighted by molar-refractivity contribution is -0.107. The van der Waals surface area contributed by atoms with E-state index in [0.29, 0.717) is 6.54 Å². The standard InChI is InChI=1S/C7H7BrN2OS2/c8-7(4-11)3-10-6(13-7)5-9-1-2-12-5/h1-2,4,6,10H,3H2. The van der Waals surface area contributed by atoms with Gasteiger partial charge in [0.25, 0.3) is 0 Å². The van der Waals surface area contributed by atoms with Crippen LogP contribution in [0.4, 0.5) is 0 Å². The van der Waals surface area contributed by atoms with Crippen LogP contribution in [0, 0.1) is 0 Å². The van der Waals surface area contributed by atoms with Gasteiger partial charge in [-0.05, 0) is 0 Å². The monoisotopic (exact) mass is 278 g/mol. The molecule has 1 N–H and O–H groups in total. The molecule has 2 atom stereocenters. The predicted molar refractivity (Wildman–Crippen MR) is 58.2 cm³/mol. The molecule has 0 saturated carbocycles. The summed E-state index contributed by atoms with van der Waals surface area (Å²) in [5.74, 6) is 0. The minimum atomic E-state index is -0.469. The van der Waals surface area contributed by atoms with Gasteiger partial charge in [0.05, 0.1) is 0 Å². The van der Waals surface area contributed by atoms with E-state index in [9.17, 15) is 4.79 Å². The number of nitrogens with zero attached hydrogens (tertiary/aromatic N) is 1. The summed E-state index contributed by atoms with van der Waals surface area (Å²) in [5, 5.41) is 6.34. The molecule has 1 aliphatic heterocycles. The molecule has 2 unspecified atom stereocenters.